The summed E-state index contributed by atoms with van der Waals surface area (Å²) < 4.78 is 24.9. The van der Waals surface area contributed by atoms with E-state index in [1.807, 2.05) is 25.2 Å². The van der Waals surface area contributed by atoms with E-state index in [1.165, 1.54) is 6.07 Å². The van der Waals surface area contributed by atoms with Gasteiger partial charge in [-0.3, -0.25) is 0 Å². The minimum atomic E-state index is -0.274. The summed E-state index contributed by atoms with van der Waals surface area (Å²) in [7, 11) is 4.94. The molecule has 0 aliphatic heterocycles. The maximum atomic E-state index is 14.3. The van der Waals surface area contributed by atoms with Gasteiger partial charge in [0, 0.05) is 17.7 Å². The van der Waals surface area contributed by atoms with Crippen LogP contribution in [0.25, 0.3) is 11.1 Å². The van der Waals surface area contributed by atoms with Crippen LogP contribution in [0.15, 0.2) is 36.4 Å². The number of halogens is 1. The molecule has 0 atom stereocenters. The topological polar surface area (TPSA) is 30.5 Å². The average molecular weight is 275 g/mol. The van der Waals surface area contributed by atoms with Crippen molar-refractivity contribution in [3.8, 4) is 22.6 Å². The van der Waals surface area contributed by atoms with Crippen molar-refractivity contribution in [2.24, 2.45) is 0 Å². The van der Waals surface area contributed by atoms with E-state index < -0.39 is 0 Å². The van der Waals surface area contributed by atoms with Crippen molar-refractivity contribution in [2.75, 3.05) is 21.3 Å². The van der Waals surface area contributed by atoms with E-state index in [0.29, 0.717) is 29.2 Å². The zero-order chi connectivity index (χ0) is 14.5. The Balaban J connectivity index is 2.51. The monoisotopic (exact) mass is 275 g/mol. The molecule has 1 N–H and O–H groups in total. The van der Waals surface area contributed by atoms with Crippen molar-refractivity contribution < 1.29 is 13.9 Å². The van der Waals surface area contributed by atoms with E-state index in [2.05, 4.69) is 5.32 Å². The lowest BCUT2D eigenvalue weighted by molar-refractivity contribution is 0.356. The molecule has 106 valence electrons. The average Bonchev–Trinajstić information content (AvgIpc) is 2.47. The second kappa shape index (κ2) is 6.39. The van der Waals surface area contributed by atoms with Gasteiger partial charge in [-0.15, -0.1) is 0 Å². The van der Waals surface area contributed by atoms with Crippen molar-refractivity contribution in [1.82, 2.24) is 5.32 Å². The number of ether oxygens (including phenoxy) is 2. The predicted molar refractivity (Wildman–Crippen MR) is 77.7 cm³/mol. The Labute approximate surface area is 118 Å². The second-order valence-electron chi connectivity index (χ2n) is 4.39. The van der Waals surface area contributed by atoms with Gasteiger partial charge in [0.25, 0.3) is 0 Å². The fourth-order valence-corrected chi connectivity index (χ4v) is 2.19. The second-order valence-corrected chi connectivity index (χ2v) is 4.39. The van der Waals surface area contributed by atoms with Crippen molar-refractivity contribution in [1.29, 1.82) is 0 Å². The minimum Gasteiger partial charge on any atom is -0.493 e. The van der Waals surface area contributed by atoms with Gasteiger partial charge in [-0.05, 0) is 24.7 Å². The smallest absolute Gasteiger partial charge is 0.168 e. The van der Waals surface area contributed by atoms with Crippen LogP contribution in [0, 0.1) is 5.82 Å². The summed E-state index contributed by atoms with van der Waals surface area (Å²) in [6.07, 6.45) is 0. The lowest BCUT2D eigenvalue weighted by atomic mass is 10.0. The summed E-state index contributed by atoms with van der Waals surface area (Å²) in [5.74, 6) is 0.850. The molecule has 0 aliphatic rings. The quantitative estimate of drug-likeness (QED) is 0.908. The number of hydrogen-bond acceptors (Lipinski definition) is 3. The predicted octanol–water partition coefficient (Wildman–Crippen LogP) is 3.23. The molecule has 2 rings (SSSR count). The Morgan fingerprint density at radius 2 is 1.85 bits per heavy atom. The van der Waals surface area contributed by atoms with Gasteiger partial charge < -0.3 is 14.8 Å². The van der Waals surface area contributed by atoms with Gasteiger partial charge in [-0.2, -0.15) is 0 Å². The van der Waals surface area contributed by atoms with Crippen LogP contribution in [-0.4, -0.2) is 21.3 Å². The molecule has 0 fully saturated rings. The molecule has 4 heteroatoms. The molecule has 0 amide bonds. The van der Waals surface area contributed by atoms with Gasteiger partial charge in [0.2, 0.25) is 0 Å². The van der Waals surface area contributed by atoms with E-state index in [0.717, 1.165) is 5.56 Å². The summed E-state index contributed by atoms with van der Waals surface area (Å²) in [4.78, 5) is 0. The van der Waals surface area contributed by atoms with Crippen LogP contribution >= 0.6 is 0 Å². The molecular weight excluding hydrogens is 257 g/mol. The van der Waals surface area contributed by atoms with E-state index in [4.69, 9.17) is 9.47 Å². The Kier molecular flexibility index (Phi) is 4.58. The third-order valence-electron chi connectivity index (χ3n) is 3.11. The van der Waals surface area contributed by atoms with Crippen molar-refractivity contribution in [3.05, 3.63) is 47.8 Å². The van der Waals surface area contributed by atoms with E-state index >= 15 is 0 Å². The molecule has 0 saturated carbocycles. The van der Waals surface area contributed by atoms with Gasteiger partial charge in [0.1, 0.15) is 5.82 Å². The highest BCUT2D eigenvalue weighted by molar-refractivity contribution is 5.74. The summed E-state index contributed by atoms with van der Waals surface area (Å²) in [6.45, 7) is 0.631. The Morgan fingerprint density at radius 1 is 1.05 bits per heavy atom. The lowest BCUT2D eigenvalue weighted by Crippen LogP contribution is -2.05. The molecule has 0 heterocycles. The van der Waals surface area contributed by atoms with Gasteiger partial charge in [0.05, 0.1) is 14.2 Å². The molecule has 2 aromatic rings. The summed E-state index contributed by atoms with van der Waals surface area (Å²) in [5.41, 5.74) is 2.08. The molecular formula is C16H18FNO2. The minimum absolute atomic E-state index is 0.274. The fraction of sp³-hybridized carbons (Fsp3) is 0.250. The van der Waals surface area contributed by atoms with Crippen LogP contribution in [-0.2, 0) is 6.54 Å². The Bertz CT molecular complexity index is 599. The molecule has 2 aromatic carbocycles. The standard InChI is InChI=1S/C16H18FNO2/c1-18-10-11-7-8-12(14(17)9-11)13-5-4-6-15(19-2)16(13)20-3/h4-9,18H,10H2,1-3H3. The van der Waals surface area contributed by atoms with E-state index in [-0.39, 0.29) is 5.82 Å². The van der Waals surface area contributed by atoms with Gasteiger partial charge in [-0.1, -0.05) is 24.3 Å². The normalized spacial score (nSPS) is 10.4. The van der Waals surface area contributed by atoms with Crippen molar-refractivity contribution in [2.45, 2.75) is 6.54 Å². The number of nitrogens with one attached hydrogen (secondary N) is 1. The summed E-state index contributed by atoms with van der Waals surface area (Å²) in [6, 6.07) is 10.6. The van der Waals surface area contributed by atoms with Crippen LogP contribution in [0.5, 0.6) is 11.5 Å². The van der Waals surface area contributed by atoms with E-state index in [9.17, 15) is 4.39 Å². The fourth-order valence-electron chi connectivity index (χ4n) is 2.19. The SMILES string of the molecule is CNCc1ccc(-c2cccc(OC)c2OC)c(F)c1. The lowest BCUT2D eigenvalue weighted by Gasteiger charge is -2.13. The summed E-state index contributed by atoms with van der Waals surface area (Å²) in [5, 5.41) is 3.00. The van der Waals surface area contributed by atoms with Gasteiger partial charge >= 0.3 is 0 Å². The number of rotatable bonds is 5. The zero-order valence-corrected chi connectivity index (χ0v) is 11.9. The Hall–Kier alpha value is -2.07. The maximum Gasteiger partial charge on any atom is 0.168 e. The highest BCUT2D eigenvalue weighted by atomic mass is 19.1. The van der Waals surface area contributed by atoms with Gasteiger partial charge in [0.15, 0.2) is 11.5 Å². The molecule has 0 spiro atoms. The molecule has 0 bridgehead atoms. The first-order valence-electron chi connectivity index (χ1n) is 6.35. The zero-order valence-electron chi connectivity index (χ0n) is 11.9. The van der Waals surface area contributed by atoms with Crippen LogP contribution in [0.1, 0.15) is 5.56 Å². The first-order valence-corrected chi connectivity index (χ1v) is 6.35. The largest absolute Gasteiger partial charge is 0.493 e. The van der Waals surface area contributed by atoms with Crippen LogP contribution < -0.4 is 14.8 Å². The third-order valence-corrected chi connectivity index (χ3v) is 3.11. The van der Waals surface area contributed by atoms with Gasteiger partial charge in [-0.25, -0.2) is 4.39 Å². The first kappa shape index (κ1) is 14.3. The van der Waals surface area contributed by atoms with Crippen LogP contribution in [0.3, 0.4) is 0 Å². The van der Waals surface area contributed by atoms with Crippen LogP contribution in [0.2, 0.25) is 0 Å². The summed E-state index contributed by atoms with van der Waals surface area (Å²) >= 11 is 0. The Morgan fingerprint density at radius 3 is 2.45 bits per heavy atom. The van der Waals surface area contributed by atoms with E-state index in [1.54, 1.807) is 26.4 Å². The molecule has 0 aromatic heterocycles. The molecule has 0 aliphatic carbocycles. The number of methoxy groups -OCH3 is 2. The maximum absolute atomic E-state index is 14.3. The molecule has 0 radical (unpaired) electrons. The van der Waals surface area contributed by atoms with Crippen LogP contribution in [0.4, 0.5) is 4.39 Å². The number of benzene rings is 2. The molecule has 20 heavy (non-hydrogen) atoms. The van der Waals surface area contributed by atoms with Crippen molar-refractivity contribution >= 4 is 0 Å². The highest BCUT2D eigenvalue weighted by Crippen LogP contribution is 2.38. The highest BCUT2D eigenvalue weighted by Gasteiger charge is 2.14. The third kappa shape index (κ3) is 2.75. The molecule has 3 nitrogen and oxygen atoms in total. The molecule has 0 saturated heterocycles. The van der Waals surface area contributed by atoms with Crippen molar-refractivity contribution in [3.63, 3.8) is 0 Å². The number of para-hydroxylation sites is 1. The molecule has 0 unspecified atom stereocenters. The number of hydrogen-bond donors (Lipinski definition) is 1. The first-order chi connectivity index (χ1) is 9.71.